The number of aromatic nitrogens is 2. The smallest absolute Gasteiger partial charge is 0.257 e. The van der Waals surface area contributed by atoms with Crippen molar-refractivity contribution in [2.75, 3.05) is 19.6 Å². The summed E-state index contributed by atoms with van der Waals surface area (Å²) in [5, 5.41) is 2.76. The van der Waals surface area contributed by atoms with Crippen molar-refractivity contribution < 1.29 is 17.2 Å². The highest BCUT2D eigenvalue weighted by Crippen LogP contribution is 2.34. The number of sulfonamides is 1. The van der Waals surface area contributed by atoms with Crippen LogP contribution in [0.25, 0.3) is 0 Å². The number of H-pyrrole nitrogens is 1. The van der Waals surface area contributed by atoms with Gasteiger partial charge < -0.3 is 10.3 Å². The molecule has 11 heteroatoms. The van der Waals surface area contributed by atoms with Gasteiger partial charge in [0.2, 0.25) is 0 Å². The number of halogens is 4. The number of hydrogen-bond donors (Lipinski definition) is 3. The Hall–Kier alpha value is -2.04. The summed E-state index contributed by atoms with van der Waals surface area (Å²) in [6.45, 7) is 1.83. The van der Waals surface area contributed by atoms with Gasteiger partial charge in [-0.1, -0.05) is 35.3 Å². The van der Waals surface area contributed by atoms with Crippen molar-refractivity contribution in [3.05, 3.63) is 81.2 Å². The maximum absolute atomic E-state index is 13.7. The molecule has 0 spiro atoms. The van der Waals surface area contributed by atoms with Crippen LogP contribution in [-0.2, 0) is 10.0 Å². The van der Waals surface area contributed by atoms with Crippen molar-refractivity contribution in [2.45, 2.75) is 10.9 Å². The highest BCUT2D eigenvalue weighted by Gasteiger charge is 2.26. The van der Waals surface area contributed by atoms with Crippen molar-refractivity contribution in [3.8, 4) is 0 Å². The van der Waals surface area contributed by atoms with E-state index in [-0.39, 0.29) is 26.8 Å². The molecule has 164 valence electrons. The van der Waals surface area contributed by atoms with E-state index in [9.17, 15) is 17.2 Å². The second kappa shape index (κ2) is 8.84. The molecule has 0 bridgehead atoms. The normalized spacial score (nSPS) is 14.7. The van der Waals surface area contributed by atoms with Crippen LogP contribution in [0.3, 0.4) is 0 Å². The molecular weight excluding hydrogens is 469 g/mol. The van der Waals surface area contributed by atoms with Crippen molar-refractivity contribution in [2.24, 2.45) is 5.92 Å². The lowest BCUT2D eigenvalue weighted by molar-refractivity contribution is 0.347. The summed E-state index contributed by atoms with van der Waals surface area (Å²) in [5.74, 6) is -1.38. The zero-order valence-corrected chi connectivity index (χ0v) is 18.3. The van der Waals surface area contributed by atoms with Gasteiger partial charge in [-0.3, -0.25) is 0 Å². The summed E-state index contributed by atoms with van der Waals surface area (Å²) in [4.78, 5) is 7.07. The molecule has 0 radical (unpaired) electrons. The van der Waals surface area contributed by atoms with Crippen LogP contribution in [0.4, 0.5) is 8.78 Å². The Morgan fingerprint density at radius 2 is 1.65 bits per heavy atom. The lowest BCUT2D eigenvalue weighted by atomic mass is 9.90. The SMILES string of the molecule is O=S(=O)(NCC1CNC1)c1cnc(C(c2ccc(F)c(Cl)c2)c2ccc(F)c(Cl)c2)[nH]1. The number of imidazole rings is 1. The fraction of sp³-hybridized carbons (Fsp3) is 0.250. The number of nitrogens with one attached hydrogen (secondary N) is 3. The number of aromatic amines is 1. The molecule has 3 aromatic rings. The molecule has 6 nitrogen and oxygen atoms in total. The monoisotopic (exact) mass is 486 g/mol. The van der Waals surface area contributed by atoms with Gasteiger partial charge in [0.25, 0.3) is 10.0 Å². The van der Waals surface area contributed by atoms with Gasteiger partial charge in [0.1, 0.15) is 17.5 Å². The molecule has 1 fully saturated rings. The van der Waals surface area contributed by atoms with Crippen LogP contribution in [0, 0.1) is 17.6 Å². The Morgan fingerprint density at radius 1 is 1.06 bits per heavy atom. The van der Waals surface area contributed by atoms with E-state index in [0.29, 0.717) is 17.7 Å². The van der Waals surface area contributed by atoms with Crippen molar-refractivity contribution in [3.63, 3.8) is 0 Å². The molecule has 0 saturated carbocycles. The van der Waals surface area contributed by atoms with E-state index in [1.54, 1.807) is 0 Å². The first-order valence-electron chi connectivity index (χ1n) is 9.40. The molecule has 1 saturated heterocycles. The highest BCUT2D eigenvalue weighted by molar-refractivity contribution is 7.89. The van der Waals surface area contributed by atoms with Crippen LogP contribution in [0.1, 0.15) is 22.9 Å². The average molecular weight is 487 g/mol. The molecule has 1 aromatic heterocycles. The zero-order valence-electron chi connectivity index (χ0n) is 16.0. The van der Waals surface area contributed by atoms with Gasteiger partial charge in [-0.05, 0) is 41.3 Å². The van der Waals surface area contributed by atoms with Crippen LogP contribution in [0.15, 0.2) is 47.6 Å². The first-order valence-corrected chi connectivity index (χ1v) is 11.6. The van der Waals surface area contributed by atoms with Gasteiger partial charge in [0.05, 0.1) is 22.2 Å². The Morgan fingerprint density at radius 3 is 2.13 bits per heavy atom. The maximum atomic E-state index is 13.7. The highest BCUT2D eigenvalue weighted by atomic mass is 35.5. The second-order valence-corrected chi connectivity index (χ2v) is 9.84. The molecular formula is C20H18Cl2F2N4O2S. The minimum absolute atomic E-state index is 0.106. The van der Waals surface area contributed by atoms with Crippen LogP contribution in [0.2, 0.25) is 10.0 Å². The van der Waals surface area contributed by atoms with Crippen molar-refractivity contribution >= 4 is 33.2 Å². The lowest BCUT2D eigenvalue weighted by Gasteiger charge is -2.26. The van der Waals surface area contributed by atoms with Gasteiger partial charge >= 0.3 is 0 Å². The quantitative estimate of drug-likeness (QED) is 0.475. The second-order valence-electron chi connectivity index (χ2n) is 7.29. The standard InChI is InChI=1S/C20H18Cl2F2N4O2S/c21-14-5-12(1-3-16(14)23)19(13-2-4-17(24)15(22)6-13)20-26-10-18(28-20)31(29,30)27-9-11-7-25-8-11/h1-6,10-11,19,25,27H,7-9H2,(H,26,28). The van der Waals surface area contributed by atoms with Crippen molar-refractivity contribution in [1.82, 2.24) is 20.0 Å². The summed E-state index contributed by atoms with van der Waals surface area (Å²) in [6.07, 6.45) is 1.21. The Bertz CT molecular complexity index is 1160. The van der Waals surface area contributed by atoms with Gasteiger partial charge in [-0.25, -0.2) is 26.9 Å². The zero-order chi connectivity index (χ0) is 22.2. The molecule has 3 N–H and O–H groups in total. The minimum Gasteiger partial charge on any atom is -0.331 e. The first-order chi connectivity index (χ1) is 14.7. The number of benzene rings is 2. The summed E-state index contributed by atoms with van der Waals surface area (Å²) in [5.41, 5.74) is 1.06. The van der Waals surface area contributed by atoms with E-state index in [2.05, 4.69) is 20.0 Å². The van der Waals surface area contributed by atoms with Gasteiger partial charge in [0.15, 0.2) is 5.03 Å². The summed E-state index contributed by atoms with van der Waals surface area (Å²) >= 11 is 11.9. The van der Waals surface area contributed by atoms with Crippen LogP contribution in [-0.4, -0.2) is 38.0 Å². The summed E-state index contributed by atoms with van der Waals surface area (Å²) in [6, 6.07) is 8.23. The van der Waals surface area contributed by atoms with E-state index >= 15 is 0 Å². The van der Waals surface area contributed by atoms with Crippen molar-refractivity contribution in [1.29, 1.82) is 0 Å². The third-order valence-electron chi connectivity index (χ3n) is 5.12. The molecule has 0 amide bonds. The molecule has 4 rings (SSSR count). The third kappa shape index (κ3) is 4.75. The van der Waals surface area contributed by atoms with Crippen LogP contribution >= 0.6 is 23.2 Å². The summed E-state index contributed by atoms with van der Waals surface area (Å²) in [7, 11) is -3.81. The minimum atomic E-state index is -3.81. The summed E-state index contributed by atoms with van der Waals surface area (Å²) < 4.78 is 55.3. The fourth-order valence-electron chi connectivity index (χ4n) is 3.29. The lowest BCUT2D eigenvalue weighted by Crippen LogP contribution is -2.48. The molecule has 1 aliphatic heterocycles. The topological polar surface area (TPSA) is 86.9 Å². The predicted molar refractivity (Wildman–Crippen MR) is 114 cm³/mol. The number of hydrogen-bond acceptors (Lipinski definition) is 4. The number of rotatable bonds is 7. The van der Waals surface area contributed by atoms with E-state index < -0.39 is 27.6 Å². The molecule has 31 heavy (non-hydrogen) atoms. The Balaban J connectivity index is 1.71. The molecule has 2 heterocycles. The van der Waals surface area contributed by atoms with E-state index in [0.717, 1.165) is 13.1 Å². The van der Waals surface area contributed by atoms with E-state index in [1.165, 1.54) is 42.6 Å². The van der Waals surface area contributed by atoms with E-state index in [1.807, 2.05) is 0 Å². The van der Waals surface area contributed by atoms with Crippen LogP contribution < -0.4 is 10.0 Å². The van der Waals surface area contributed by atoms with Gasteiger partial charge in [0, 0.05) is 19.6 Å². The maximum Gasteiger partial charge on any atom is 0.257 e. The first kappa shape index (κ1) is 22.2. The van der Waals surface area contributed by atoms with Crippen LogP contribution in [0.5, 0.6) is 0 Å². The Labute approximate surface area is 188 Å². The molecule has 0 aliphatic carbocycles. The largest absolute Gasteiger partial charge is 0.331 e. The predicted octanol–water partition coefficient (Wildman–Crippen LogP) is 3.67. The van der Waals surface area contributed by atoms with Gasteiger partial charge in [-0.2, -0.15) is 0 Å². The molecule has 0 unspecified atom stereocenters. The Kier molecular flexibility index (Phi) is 6.32. The number of nitrogens with zero attached hydrogens (tertiary/aromatic N) is 1. The molecule has 0 atom stereocenters. The van der Waals surface area contributed by atoms with Gasteiger partial charge in [-0.15, -0.1) is 0 Å². The average Bonchev–Trinajstić information content (AvgIpc) is 3.17. The van der Waals surface area contributed by atoms with E-state index in [4.69, 9.17) is 23.2 Å². The molecule has 2 aromatic carbocycles. The fourth-order valence-corrected chi connectivity index (χ4v) is 4.71. The third-order valence-corrected chi connectivity index (χ3v) is 7.03. The molecule has 1 aliphatic rings.